The molecule has 1 N–H and O–H groups in total. The van der Waals surface area contributed by atoms with Crippen molar-refractivity contribution in [2.75, 3.05) is 13.2 Å². The van der Waals surface area contributed by atoms with Crippen LogP contribution in [0.3, 0.4) is 0 Å². The molecule has 0 bridgehead atoms. The summed E-state index contributed by atoms with van der Waals surface area (Å²) >= 11 is 0. The van der Waals surface area contributed by atoms with Crippen LogP contribution in [0.25, 0.3) is 0 Å². The van der Waals surface area contributed by atoms with Crippen molar-refractivity contribution in [2.45, 2.75) is 33.2 Å². The molecular formula is C18H23N3O2. The Labute approximate surface area is 136 Å². The van der Waals surface area contributed by atoms with E-state index >= 15 is 0 Å². The lowest BCUT2D eigenvalue weighted by Gasteiger charge is -2.24. The van der Waals surface area contributed by atoms with Gasteiger partial charge < -0.3 is 10.1 Å². The summed E-state index contributed by atoms with van der Waals surface area (Å²) in [5.74, 6) is 0.882. The predicted octanol–water partition coefficient (Wildman–Crippen LogP) is 2.26. The fraction of sp³-hybridized carbons (Fsp3) is 0.444. The van der Waals surface area contributed by atoms with Crippen molar-refractivity contribution < 1.29 is 9.53 Å². The number of hydrogen-bond donors (Lipinski definition) is 1. The van der Waals surface area contributed by atoms with Gasteiger partial charge in [0.2, 0.25) is 5.91 Å². The van der Waals surface area contributed by atoms with Gasteiger partial charge in [0, 0.05) is 18.8 Å². The zero-order chi connectivity index (χ0) is 16.2. The summed E-state index contributed by atoms with van der Waals surface area (Å²) in [6.45, 7) is 5.99. The Hall–Kier alpha value is -2.30. The zero-order valence-corrected chi connectivity index (χ0v) is 13.7. The second-order valence-electron chi connectivity index (χ2n) is 6.11. The number of carbonyl (C=O) groups excluding carboxylic acids is 1. The van der Waals surface area contributed by atoms with Crippen molar-refractivity contribution in [3.63, 3.8) is 0 Å². The maximum Gasteiger partial charge on any atom is 0.226 e. The SMILES string of the molecule is Cc1cc(C)n(CCCNC(=O)C2COc3ccccc3C2)n1. The number of nitrogens with zero attached hydrogens (tertiary/aromatic N) is 2. The monoisotopic (exact) mass is 313 g/mol. The zero-order valence-electron chi connectivity index (χ0n) is 13.7. The number of ether oxygens (including phenoxy) is 1. The molecule has 0 radical (unpaired) electrons. The molecule has 5 heteroatoms. The first-order valence-corrected chi connectivity index (χ1v) is 8.13. The van der Waals surface area contributed by atoms with Crippen LogP contribution in [0.1, 0.15) is 23.4 Å². The first-order chi connectivity index (χ1) is 11.1. The average molecular weight is 313 g/mol. The van der Waals surface area contributed by atoms with Gasteiger partial charge >= 0.3 is 0 Å². The maximum atomic E-state index is 12.3. The van der Waals surface area contributed by atoms with Crippen LogP contribution in [0.5, 0.6) is 5.75 Å². The van der Waals surface area contributed by atoms with Crippen molar-refractivity contribution >= 4 is 5.91 Å². The van der Waals surface area contributed by atoms with Gasteiger partial charge in [-0.15, -0.1) is 0 Å². The lowest BCUT2D eigenvalue weighted by molar-refractivity contribution is -0.126. The molecule has 5 nitrogen and oxygen atoms in total. The number of nitrogens with one attached hydrogen (secondary N) is 1. The van der Waals surface area contributed by atoms with E-state index in [4.69, 9.17) is 4.74 Å². The molecule has 0 saturated carbocycles. The van der Waals surface area contributed by atoms with Crippen LogP contribution >= 0.6 is 0 Å². The summed E-state index contributed by atoms with van der Waals surface area (Å²) in [6, 6.07) is 9.99. The Balaban J connectivity index is 1.44. The van der Waals surface area contributed by atoms with E-state index in [-0.39, 0.29) is 11.8 Å². The Bertz CT molecular complexity index is 693. The Morgan fingerprint density at radius 1 is 1.39 bits per heavy atom. The van der Waals surface area contributed by atoms with Gasteiger partial charge in [-0.2, -0.15) is 5.10 Å². The van der Waals surface area contributed by atoms with E-state index in [1.807, 2.05) is 35.9 Å². The third-order valence-corrected chi connectivity index (χ3v) is 4.20. The lowest BCUT2D eigenvalue weighted by Crippen LogP contribution is -2.38. The molecular weight excluding hydrogens is 290 g/mol. The summed E-state index contributed by atoms with van der Waals surface area (Å²) in [6.07, 6.45) is 1.62. The van der Waals surface area contributed by atoms with Crippen molar-refractivity contribution in [3.8, 4) is 5.75 Å². The number of rotatable bonds is 5. The normalized spacial score (nSPS) is 16.5. The minimum Gasteiger partial charge on any atom is -0.492 e. The fourth-order valence-corrected chi connectivity index (χ4v) is 2.98. The molecule has 1 amide bonds. The molecule has 1 aromatic heterocycles. The number of fused-ring (bicyclic) bond motifs is 1. The van der Waals surface area contributed by atoms with Crippen molar-refractivity contribution in [1.29, 1.82) is 0 Å². The van der Waals surface area contributed by atoms with Gasteiger partial charge in [0.05, 0.1) is 11.6 Å². The third-order valence-electron chi connectivity index (χ3n) is 4.20. The summed E-state index contributed by atoms with van der Waals surface area (Å²) in [4.78, 5) is 12.3. The second kappa shape index (κ2) is 6.86. The molecule has 122 valence electrons. The van der Waals surface area contributed by atoms with E-state index in [1.165, 1.54) is 0 Å². The smallest absolute Gasteiger partial charge is 0.226 e. The molecule has 2 aromatic rings. The van der Waals surface area contributed by atoms with Crippen LogP contribution < -0.4 is 10.1 Å². The van der Waals surface area contributed by atoms with E-state index in [1.54, 1.807) is 0 Å². The van der Waals surface area contributed by atoms with E-state index in [0.29, 0.717) is 13.2 Å². The molecule has 1 unspecified atom stereocenters. The van der Waals surface area contributed by atoms with Crippen LogP contribution in [0.4, 0.5) is 0 Å². The molecule has 1 aromatic carbocycles. The summed E-state index contributed by atoms with van der Waals surface area (Å²) in [5, 5.41) is 7.45. The lowest BCUT2D eigenvalue weighted by atomic mass is 9.96. The van der Waals surface area contributed by atoms with Crippen LogP contribution in [-0.4, -0.2) is 28.8 Å². The van der Waals surface area contributed by atoms with Crippen LogP contribution in [0.15, 0.2) is 30.3 Å². The number of benzene rings is 1. The number of aryl methyl sites for hydroxylation is 3. The standard InChI is InChI=1S/C18H23N3O2/c1-13-10-14(2)21(20-13)9-5-8-19-18(22)16-11-15-6-3-4-7-17(15)23-12-16/h3-4,6-7,10,16H,5,8-9,11-12H2,1-2H3,(H,19,22). The minimum atomic E-state index is -0.0985. The summed E-state index contributed by atoms with van der Waals surface area (Å²) in [5.41, 5.74) is 3.30. The molecule has 1 aliphatic rings. The van der Waals surface area contributed by atoms with Crippen LogP contribution in [0, 0.1) is 19.8 Å². The van der Waals surface area contributed by atoms with Gasteiger partial charge in [-0.05, 0) is 44.4 Å². The highest BCUT2D eigenvalue weighted by atomic mass is 16.5. The molecule has 0 aliphatic carbocycles. The number of aromatic nitrogens is 2. The molecule has 1 atom stereocenters. The Morgan fingerprint density at radius 3 is 3.00 bits per heavy atom. The third kappa shape index (κ3) is 3.73. The first kappa shape index (κ1) is 15.6. The number of amides is 1. The van der Waals surface area contributed by atoms with Gasteiger partial charge in [-0.1, -0.05) is 18.2 Å². The maximum absolute atomic E-state index is 12.3. The molecule has 0 saturated heterocycles. The average Bonchev–Trinajstić information content (AvgIpc) is 2.88. The molecule has 0 spiro atoms. The van der Waals surface area contributed by atoms with Gasteiger partial charge in [-0.3, -0.25) is 9.48 Å². The highest BCUT2D eigenvalue weighted by Gasteiger charge is 2.25. The highest BCUT2D eigenvalue weighted by Crippen LogP contribution is 2.26. The van der Waals surface area contributed by atoms with Crippen LogP contribution in [-0.2, 0) is 17.8 Å². The minimum absolute atomic E-state index is 0.0767. The Kier molecular flexibility index (Phi) is 4.65. The van der Waals surface area contributed by atoms with Gasteiger partial charge in [0.1, 0.15) is 12.4 Å². The van der Waals surface area contributed by atoms with Crippen molar-refractivity contribution in [3.05, 3.63) is 47.3 Å². The predicted molar refractivity (Wildman–Crippen MR) is 88.5 cm³/mol. The molecule has 23 heavy (non-hydrogen) atoms. The molecule has 2 heterocycles. The highest BCUT2D eigenvalue weighted by molar-refractivity contribution is 5.79. The number of carbonyl (C=O) groups is 1. The van der Waals surface area contributed by atoms with Crippen molar-refractivity contribution in [1.82, 2.24) is 15.1 Å². The molecule has 1 aliphatic heterocycles. The second-order valence-corrected chi connectivity index (χ2v) is 6.11. The molecule has 0 fully saturated rings. The van der Waals surface area contributed by atoms with Crippen LogP contribution in [0.2, 0.25) is 0 Å². The largest absolute Gasteiger partial charge is 0.492 e. The van der Waals surface area contributed by atoms with Crippen molar-refractivity contribution in [2.24, 2.45) is 5.92 Å². The van der Waals surface area contributed by atoms with Gasteiger partial charge in [0.15, 0.2) is 0 Å². The Morgan fingerprint density at radius 2 is 2.22 bits per heavy atom. The first-order valence-electron chi connectivity index (χ1n) is 8.13. The van der Waals surface area contributed by atoms with E-state index in [0.717, 1.165) is 42.1 Å². The topological polar surface area (TPSA) is 56.2 Å². The van der Waals surface area contributed by atoms with E-state index < -0.39 is 0 Å². The van der Waals surface area contributed by atoms with Gasteiger partial charge in [-0.25, -0.2) is 0 Å². The summed E-state index contributed by atoms with van der Waals surface area (Å²) < 4.78 is 7.66. The van der Waals surface area contributed by atoms with E-state index in [2.05, 4.69) is 23.4 Å². The number of hydrogen-bond acceptors (Lipinski definition) is 3. The van der Waals surface area contributed by atoms with E-state index in [9.17, 15) is 4.79 Å². The number of para-hydroxylation sites is 1. The quantitative estimate of drug-likeness (QED) is 0.862. The molecule has 3 rings (SSSR count). The van der Waals surface area contributed by atoms with Gasteiger partial charge in [0.25, 0.3) is 0 Å². The fourth-order valence-electron chi connectivity index (χ4n) is 2.98. The summed E-state index contributed by atoms with van der Waals surface area (Å²) in [7, 11) is 0.